The molecule has 1 aromatic carbocycles. The Balaban J connectivity index is 0.000000219. The molecule has 75 heavy (non-hydrogen) atoms. The third kappa shape index (κ3) is 14.3. The van der Waals surface area contributed by atoms with Gasteiger partial charge in [0.2, 0.25) is 23.6 Å². The molecule has 8 rings (SSSR count). The molecule has 4 unspecified atom stereocenters. The van der Waals surface area contributed by atoms with Crippen LogP contribution in [0.25, 0.3) is 0 Å². The van der Waals surface area contributed by atoms with Gasteiger partial charge in [0.05, 0.1) is 35.0 Å². The number of likely N-dealkylation sites (tertiary alicyclic amines) is 2. The molecule has 20 heteroatoms. The van der Waals surface area contributed by atoms with E-state index in [1.165, 1.54) is 23.3 Å². The number of allylic oxidation sites excluding steroid dienone is 2. The Labute approximate surface area is 445 Å². The number of nitrogens with one attached hydrogen (secondary N) is 5. The minimum atomic E-state index is -0.684. The third-order valence-electron chi connectivity index (χ3n) is 15.5. The number of halogens is 2. The molecular formula is C55H78F2N12O5S. The highest BCUT2D eigenvalue weighted by Crippen LogP contribution is 2.36. The van der Waals surface area contributed by atoms with Crippen molar-refractivity contribution >= 4 is 58.6 Å². The Morgan fingerprint density at radius 3 is 2.36 bits per heavy atom. The Kier molecular flexibility index (Phi) is 18.9. The number of thiazole rings is 1. The summed E-state index contributed by atoms with van der Waals surface area (Å²) >= 11 is 1.68. The zero-order valence-corrected chi connectivity index (χ0v) is 45.9. The lowest BCUT2D eigenvalue weighted by Crippen LogP contribution is -2.66. The zero-order chi connectivity index (χ0) is 54.1. The lowest BCUT2D eigenvalue weighted by atomic mass is 9.82. The van der Waals surface area contributed by atoms with E-state index in [-0.39, 0.29) is 59.4 Å². The van der Waals surface area contributed by atoms with E-state index in [1.807, 2.05) is 60.2 Å². The first kappa shape index (κ1) is 56.9. The molecule has 5 N–H and O–H groups in total. The van der Waals surface area contributed by atoms with Crippen molar-refractivity contribution in [2.75, 3.05) is 81.6 Å². The van der Waals surface area contributed by atoms with Crippen molar-refractivity contribution in [2.45, 2.75) is 135 Å². The highest BCUT2D eigenvalue weighted by molar-refractivity contribution is 7.09. The number of piperidine rings is 2. The van der Waals surface area contributed by atoms with Gasteiger partial charge in [-0.05, 0) is 109 Å². The summed E-state index contributed by atoms with van der Waals surface area (Å²) in [4.78, 5) is 85.2. The monoisotopic (exact) mass is 1060 g/mol. The van der Waals surface area contributed by atoms with Gasteiger partial charge in [0.15, 0.2) is 0 Å². The number of rotatable bonds is 16. The molecule has 0 saturated carbocycles. The molecule has 1 aliphatic carbocycles. The number of carbonyl (C=O) groups is 5. The fraction of sp³-hybridized carbons (Fsp3) is 0.600. The second-order valence-electron chi connectivity index (χ2n) is 22.3. The van der Waals surface area contributed by atoms with Gasteiger partial charge in [0.1, 0.15) is 48.0 Å². The molecule has 5 aliphatic rings. The van der Waals surface area contributed by atoms with E-state index >= 15 is 8.78 Å². The van der Waals surface area contributed by atoms with Crippen LogP contribution in [0.3, 0.4) is 0 Å². The molecule has 4 aliphatic heterocycles. The maximum Gasteiger partial charge on any atom is 0.246 e. The summed E-state index contributed by atoms with van der Waals surface area (Å²) < 4.78 is 30.5. The highest BCUT2D eigenvalue weighted by atomic mass is 32.1. The molecule has 4 amide bonds. The lowest BCUT2D eigenvalue weighted by Gasteiger charge is -2.48. The largest absolute Gasteiger partial charge is 0.373 e. The minimum absolute atomic E-state index is 0.0188. The van der Waals surface area contributed by atoms with Crippen LogP contribution in [0.1, 0.15) is 114 Å². The van der Waals surface area contributed by atoms with Crippen molar-refractivity contribution in [3.05, 3.63) is 81.6 Å². The summed E-state index contributed by atoms with van der Waals surface area (Å²) in [6.07, 6.45) is 15.0. The van der Waals surface area contributed by atoms with Crippen LogP contribution in [-0.2, 0) is 30.5 Å². The van der Waals surface area contributed by atoms with Crippen molar-refractivity contribution < 1.29 is 32.8 Å². The van der Waals surface area contributed by atoms with Crippen LogP contribution < -0.4 is 36.4 Å². The molecule has 408 valence electrons. The Hall–Kier alpha value is -5.86. The third-order valence-corrected chi connectivity index (χ3v) is 16.6. The van der Waals surface area contributed by atoms with Gasteiger partial charge in [-0.25, -0.2) is 23.7 Å². The first-order valence-electron chi connectivity index (χ1n) is 26.5. The smallest absolute Gasteiger partial charge is 0.246 e. The van der Waals surface area contributed by atoms with Crippen molar-refractivity contribution in [1.82, 2.24) is 46.0 Å². The van der Waals surface area contributed by atoms with Crippen molar-refractivity contribution in [3.63, 3.8) is 0 Å². The number of anilines is 3. The van der Waals surface area contributed by atoms with Crippen LogP contribution in [0, 0.1) is 29.4 Å². The van der Waals surface area contributed by atoms with Gasteiger partial charge in [0.25, 0.3) is 0 Å². The molecule has 17 nitrogen and oxygen atoms in total. The summed E-state index contributed by atoms with van der Waals surface area (Å²) in [7, 11) is 3.65. The van der Waals surface area contributed by atoms with Crippen LogP contribution in [-0.4, -0.2) is 145 Å². The van der Waals surface area contributed by atoms with Crippen LogP contribution in [0.4, 0.5) is 26.1 Å². The molecule has 4 saturated heterocycles. The van der Waals surface area contributed by atoms with Gasteiger partial charge in [-0.3, -0.25) is 24.1 Å². The number of carbonyl (C=O) groups excluding carboxylic acids is 5. The predicted octanol–water partition coefficient (Wildman–Crippen LogP) is 6.02. The van der Waals surface area contributed by atoms with Crippen LogP contribution in [0.15, 0.2) is 53.8 Å². The fourth-order valence-electron chi connectivity index (χ4n) is 10.8. The number of nitrogens with zero attached hydrogens (tertiary/aromatic N) is 7. The van der Waals surface area contributed by atoms with E-state index in [9.17, 15) is 24.0 Å². The van der Waals surface area contributed by atoms with Gasteiger partial charge in [-0.2, -0.15) is 0 Å². The second kappa shape index (κ2) is 24.9. The number of amides is 4. The van der Waals surface area contributed by atoms with Crippen LogP contribution in [0.5, 0.6) is 0 Å². The Bertz CT molecular complexity index is 2570. The molecule has 6 heterocycles. The standard InChI is InChI=1S/C28H43N5O3S.C27H35F2N7O2/c1-18(20-11-13-21(14-12-20)24-19(2)30-17-37-24)31-26(35)22-9-8-16-33(22)27(36)25(28(3,4)5)32-23(34)10-7-15-29-6;1-26(17-37)3-7-34(8-4-26)14-19-11-21(29)22(12-20(19)28)36-15-25(38)33-27(16-36)5-9-35(10-6-27)24-13-23(30-2)31-18-32-24/h11-13,17-18,21-22,25,29H,7-10,14-16H2,1-6H3,(H,31,35)(H,32,34);11-13,17-18H,3-10,14-16H2,1-2H3,(H,33,38)(H,30,31,32). The molecule has 0 bridgehead atoms. The van der Waals surface area contributed by atoms with Crippen LogP contribution in [0.2, 0.25) is 0 Å². The summed E-state index contributed by atoms with van der Waals surface area (Å²) in [5, 5.41) is 15.3. The summed E-state index contributed by atoms with van der Waals surface area (Å²) in [6, 6.07) is 3.00. The first-order chi connectivity index (χ1) is 35.7. The quantitative estimate of drug-likeness (QED) is 0.0826. The van der Waals surface area contributed by atoms with Crippen molar-refractivity contribution in [2.24, 2.45) is 10.8 Å². The summed E-state index contributed by atoms with van der Waals surface area (Å²) in [5.74, 6) is 0.202. The van der Waals surface area contributed by atoms with E-state index in [0.717, 1.165) is 48.6 Å². The summed E-state index contributed by atoms with van der Waals surface area (Å²) in [5.41, 5.74) is 3.10. The van der Waals surface area contributed by atoms with Gasteiger partial charge < -0.3 is 46.1 Å². The molecular weight excluding hydrogens is 979 g/mol. The SMILES string of the molecule is CNCCCC(=O)NC(C(=O)N1CCCC1C(=O)NC(C)C1=CCC(c2scnc2C)C=C1)C(C)(C)C.CNc1cc(N2CCC3(CC2)CN(c2cc(F)c(CN4CCC(C)(C=O)CC4)cc2F)CC(=O)N3)ncn1. The van der Waals surface area contributed by atoms with E-state index in [2.05, 4.69) is 69.6 Å². The number of aldehydes is 1. The number of benzene rings is 1. The van der Waals surface area contributed by atoms with Gasteiger partial charge in [0, 0.05) is 80.1 Å². The average Bonchev–Trinajstić information content (AvgIpc) is 4.07. The first-order valence-corrected chi connectivity index (χ1v) is 27.4. The maximum atomic E-state index is 15.4. The normalized spacial score (nSPS) is 21.3. The molecule has 4 fully saturated rings. The number of hydrogen-bond donors (Lipinski definition) is 5. The summed E-state index contributed by atoms with van der Waals surface area (Å²) in [6.45, 7) is 16.4. The van der Waals surface area contributed by atoms with Crippen molar-refractivity contribution in [3.8, 4) is 0 Å². The van der Waals surface area contributed by atoms with Gasteiger partial charge in [-0.15, -0.1) is 11.3 Å². The Morgan fingerprint density at radius 2 is 1.72 bits per heavy atom. The van der Waals surface area contributed by atoms with Gasteiger partial charge >= 0.3 is 0 Å². The lowest BCUT2D eigenvalue weighted by molar-refractivity contribution is -0.144. The topological polar surface area (TPSA) is 197 Å². The van der Waals surface area contributed by atoms with E-state index in [0.29, 0.717) is 90.1 Å². The fourth-order valence-corrected chi connectivity index (χ4v) is 11.7. The van der Waals surface area contributed by atoms with E-state index < -0.39 is 34.7 Å². The van der Waals surface area contributed by atoms with E-state index in [4.69, 9.17) is 0 Å². The molecule has 3 aromatic rings. The highest BCUT2D eigenvalue weighted by Gasteiger charge is 2.44. The van der Waals surface area contributed by atoms with Crippen LogP contribution >= 0.6 is 11.3 Å². The minimum Gasteiger partial charge on any atom is -0.373 e. The predicted molar refractivity (Wildman–Crippen MR) is 289 cm³/mol. The molecule has 4 atom stereocenters. The molecule has 1 spiro atoms. The zero-order valence-electron chi connectivity index (χ0n) is 45.1. The number of hydrogen-bond acceptors (Lipinski definition) is 14. The number of piperazine rings is 1. The molecule has 0 radical (unpaired) electrons. The van der Waals surface area contributed by atoms with Gasteiger partial charge in [-0.1, -0.05) is 45.9 Å². The number of aryl methyl sites for hydroxylation is 1. The Morgan fingerprint density at radius 1 is 0.973 bits per heavy atom. The van der Waals surface area contributed by atoms with E-state index in [1.54, 1.807) is 28.2 Å². The number of aromatic nitrogens is 3. The maximum absolute atomic E-state index is 15.4. The molecule has 2 aromatic heterocycles. The van der Waals surface area contributed by atoms with Crippen molar-refractivity contribution in [1.29, 1.82) is 0 Å². The average molecular weight is 1060 g/mol. The second-order valence-corrected chi connectivity index (χ2v) is 23.2.